The molecule has 0 radical (unpaired) electrons. The summed E-state index contributed by atoms with van der Waals surface area (Å²) in [5.74, 6) is 0. The summed E-state index contributed by atoms with van der Waals surface area (Å²) in [7, 11) is -0.104. The van der Waals surface area contributed by atoms with Crippen molar-refractivity contribution in [3.63, 3.8) is 0 Å². The number of rotatable bonds is 8. The SMILES string of the molecule is COCOC/C=C(\Sc1ccccc1)[Si](C)(C)c1ccccc1. The van der Waals surface area contributed by atoms with E-state index in [1.165, 1.54) is 14.6 Å². The van der Waals surface area contributed by atoms with Gasteiger partial charge in [-0.3, -0.25) is 0 Å². The summed E-state index contributed by atoms with van der Waals surface area (Å²) in [6.07, 6.45) is 2.22. The van der Waals surface area contributed by atoms with Gasteiger partial charge in [-0.25, -0.2) is 0 Å². The Kier molecular flexibility index (Phi) is 7.11. The summed E-state index contributed by atoms with van der Waals surface area (Å²) < 4.78 is 11.9. The molecule has 0 aromatic heterocycles. The fourth-order valence-corrected chi connectivity index (χ4v) is 6.63. The van der Waals surface area contributed by atoms with Crippen molar-refractivity contribution in [2.75, 3.05) is 20.5 Å². The topological polar surface area (TPSA) is 18.5 Å². The first-order valence-electron chi connectivity index (χ1n) is 7.70. The average Bonchev–Trinajstić information content (AvgIpc) is 2.59. The highest BCUT2D eigenvalue weighted by Crippen LogP contribution is 2.33. The molecule has 2 nitrogen and oxygen atoms in total. The second-order valence-corrected chi connectivity index (χ2v) is 11.6. The Balaban J connectivity index is 2.25. The van der Waals surface area contributed by atoms with Crippen molar-refractivity contribution in [3.05, 3.63) is 71.3 Å². The van der Waals surface area contributed by atoms with Crippen molar-refractivity contribution < 1.29 is 9.47 Å². The molecule has 0 saturated heterocycles. The molecule has 4 heteroatoms. The Bertz CT molecular complexity index is 612. The molecule has 122 valence electrons. The van der Waals surface area contributed by atoms with E-state index in [1.807, 2.05) is 11.8 Å². The molecule has 0 N–H and O–H groups in total. The maximum Gasteiger partial charge on any atom is 0.146 e. The molecule has 0 bridgehead atoms. The van der Waals surface area contributed by atoms with E-state index in [1.54, 1.807) is 7.11 Å². The van der Waals surface area contributed by atoms with Crippen LogP contribution in [-0.2, 0) is 9.47 Å². The van der Waals surface area contributed by atoms with Crippen LogP contribution in [0.1, 0.15) is 0 Å². The lowest BCUT2D eigenvalue weighted by molar-refractivity contribution is -0.0186. The average molecular weight is 345 g/mol. The highest BCUT2D eigenvalue weighted by molar-refractivity contribution is 8.05. The third-order valence-corrected chi connectivity index (χ3v) is 9.61. The van der Waals surface area contributed by atoms with E-state index < -0.39 is 8.07 Å². The molecule has 2 rings (SSSR count). The second kappa shape index (κ2) is 9.08. The van der Waals surface area contributed by atoms with Crippen LogP contribution in [0.25, 0.3) is 0 Å². The van der Waals surface area contributed by atoms with E-state index in [2.05, 4.69) is 79.8 Å². The Morgan fingerprint density at radius 1 is 1.00 bits per heavy atom. The zero-order valence-corrected chi connectivity index (χ0v) is 15.8. The normalized spacial score (nSPS) is 12.4. The molecule has 0 aliphatic heterocycles. The largest absolute Gasteiger partial charge is 0.359 e. The van der Waals surface area contributed by atoms with Crippen LogP contribution in [0.3, 0.4) is 0 Å². The third kappa shape index (κ3) is 5.36. The van der Waals surface area contributed by atoms with Gasteiger partial charge in [0.1, 0.15) is 14.9 Å². The van der Waals surface area contributed by atoms with Gasteiger partial charge in [-0.2, -0.15) is 0 Å². The van der Waals surface area contributed by atoms with E-state index in [9.17, 15) is 0 Å². The van der Waals surface area contributed by atoms with Crippen LogP contribution in [0, 0.1) is 0 Å². The first-order chi connectivity index (χ1) is 11.1. The number of benzene rings is 2. The molecule has 0 spiro atoms. The summed E-state index contributed by atoms with van der Waals surface area (Å²) in [4.78, 5) is 1.27. The number of methoxy groups -OCH3 is 1. The van der Waals surface area contributed by atoms with Gasteiger partial charge >= 0.3 is 0 Å². The Labute approximate surface area is 144 Å². The minimum atomic E-state index is -1.75. The van der Waals surface area contributed by atoms with Gasteiger partial charge < -0.3 is 9.47 Å². The quantitative estimate of drug-likeness (QED) is 0.305. The number of hydrogen-bond acceptors (Lipinski definition) is 3. The van der Waals surface area contributed by atoms with Gasteiger partial charge in [0.2, 0.25) is 0 Å². The fraction of sp³-hybridized carbons (Fsp3) is 0.263. The molecule has 2 aromatic rings. The zero-order valence-electron chi connectivity index (χ0n) is 14.0. The maximum absolute atomic E-state index is 5.49. The molecule has 2 aromatic carbocycles. The van der Waals surface area contributed by atoms with E-state index in [0.29, 0.717) is 13.4 Å². The zero-order chi connectivity index (χ0) is 16.5. The summed E-state index contributed by atoms with van der Waals surface area (Å²) >= 11 is 1.85. The minimum absolute atomic E-state index is 0.326. The van der Waals surface area contributed by atoms with Crippen LogP contribution in [0.4, 0.5) is 0 Å². The Morgan fingerprint density at radius 3 is 2.22 bits per heavy atom. The van der Waals surface area contributed by atoms with Gasteiger partial charge in [0, 0.05) is 12.0 Å². The lowest BCUT2D eigenvalue weighted by Gasteiger charge is -2.26. The lowest BCUT2D eigenvalue weighted by Crippen LogP contribution is -2.43. The molecule has 23 heavy (non-hydrogen) atoms. The Hall–Kier alpha value is -1.33. The first-order valence-corrected chi connectivity index (χ1v) is 11.5. The fourth-order valence-electron chi connectivity index (χ4n) is 2.30. The van der Waals surface area contributed by atoms with Crippen LogP contribution < -0.4 is 5.19 Å². The monoisotopic (exact) mass is 344 g/mol. The summed E-state index contributed by atoms with van der Waals surface area (Å²) in [6, 6.07) is 21.3. The van der Waals surface area contributed by atoms with Crippen LogP contribution >= 0.6 is 11.8 Å². The van der Waals surface area contributed by atoms with Crippen molar-refractivity contribution >= 4 is 25.0 Å². The van der Waals surface area contributed by atoms with Crippen molar-refractivity contribution in [2.45, 2.75) is 18.0 Å². The number of thioether (sulfide) groups is 1. The number of ether oxygens (including phenoxy) is 2. The molecule has 0 unspecified atom stereocenters. The van der Waals surface area contributed by atoms with Crippen LogP contribution in [0.2, 0.25) is 13.1 Å². The van der Waals surface area contributed by atoms with Crippen LogP contribution in [0.5, 0.6) is 0 Å². The summed E-state index contributed by atoms with van der Waals surface area (Å²) in [5, 5.41) is 1.43. The molecule has 0 aliphatic carbocycles. The summed E-state index contributed by atoms with van der Waals surface area (Å²) in [6.45, 7) is 5.68. The molecular weight excluding hydrogens is 320 g/mol. The molecule has 0 fully saturated rings. The molecule has 0 heterocycles. The molecule has 0 aliphatic rings. The lowest BCUT2D eigenvalue weighted by atomic mass is 10.4. The van der Waals surface area contributed by atoms with Crippen molar-refractivity contribution in [2.24, 2.45) is 0 Å². The van der Waals surface area contributed by atoms with Gasteiger partial charge in [0.05, 0.1) is 6.61 Å². The van der Waals surface area contributed by atoms with Gasteiger partial charge in [-0.05, 0) is 16.7 Å². The predicted molar refractivity (Wildman–Crippen MR) is 102 cm³/mol. The Morgan fingerprint density at radius 2 is 1.61 bits per heavy atom. The van der Waals surface area contributed by atoms with Gasteiger partial charge in [-0.1, -0.05) is 84.6 Å². The maximum atomic E-state index is 5.49. The van der Waals surface area contributed by atoms with E-state index in [-0.39, 0.29) is 0 Å². The van der Waals surface area contributed by atoms with Gasteiger partial charge in [0.15, 0.2) is 0 Å². The van der Waals surface area contributed by atoms with Crippen molar-refractivity contribution in [3.8, 4) is 0 Å². The minimum Gasteiger partial charge on any atom is -0.359 e. The van der Waals surface area contributed by atoms with E-state index >= 15 is 0 Å². The van der Waals surface area contributed by atoms with Crippen molar-refractivity contribution in [1.29, 1.82) is 0 Å². The van der Waals surface area contributed by atoms with E-state index in [0.717, 1.165) is 0 Å². The smallest absolute Gasteiger partial charge is 0.146 e. The molecular formula is C19H24O2SSi. The van der Waals surface area contributed by atoms with Crippen molar-refractivity contribution in [1.82, 2.24) is 0 Å². The van der Waals surface area contributed by atoms with Gasteiger partial charge in [-0.15, -0.1) is 0 Å². The highest BCUT2D eigenvalue weighted by atomic mass is 32.2. The second-order valence-electron chi connectivity index (χ2n) is 5.75. The van der Waals surface area contributed by atoms with E-state index in [4.69, 9.17) is 9.47 Å². The molecule has 0 atom stereocenters. The molecule has 0 saturated carbocycles. The predicted octanol–water partition coefficient (Wildman–Crippen LogP) is 4.44. The van der Waals surface area contributed by atoms with Crippen LogP contribution in [-0.4, -0.2) is 28.6 Å². The summed E-state index contributed by atoms with van der Waals surface area (Å²) in [5.41, 5.74) is 0. The van der Waals surface area contributed by atoms with Crippen LogP contribution in [0.15, 0.2) is 76.2 Å². The molecule has 0 amide bonds. The van der Waals surface area contributed by atoms with Gasteiger partial charge in [0.25, 0.3) is 0 Å². The number of hydrogen-bond donors (Lipinski definition) is 0. The first kappa shape index (κ1) is 18.0. The third-order valence-electron chi connectivity index (χ3n) is 3.67. The highest BCUT2D eigenvalue weighted by Gasteiger charge is 2.28. The standard InChI is InChI=1S/C19H24O2SSi/c1-20-16-21-15-14-19(22-17-10-6-4-7-11-17)23(2,3)18-12-8-5-9-13-18/h4-14H,15-16H2,1-3H3/b19-14+.